The third kappa shape index (κ3) is 5.18. The minimum absolute atomic E-state index is 0.664. The molecule has 1 aliphatic heterocycles. The Morgan fingerprint density at radius 2 is 2.04 bits per heavy atom. The molecule has 6 heteroatoms. The van der Waals surface area contributed by atoms with Crippen LogP contribution in [0.2, 0.25) is 0 Å². The van der Waals surface area contributed by atoms with Gasteiger partial charge >= 0.3 is 0 Å². The zero-order valence-electron chi connectivity index (χ0n) is 14.2. The van der Waals surface area contributed by atoms with Gasteiger partial charge in [0.05, 0.1) is 13.2 Å². The molecule has 1 aliphatic rings. The highest BCUT2D eigenvalue weighted by Crippen LogP contribution is 2.09. The van der Waals surface area contributed by atoms with Crippen molar-refractivity contribution in [3.05, 3.63) is 47.7 Å². The van der Waals surface area contributed by atoms with Crippen LogP contribution in [-0.4, -0.2) is 54.3 Å². The second-order valence-corrected chi connectivity index (χ2v) is 5.99. The van der Waals surface area contributed by atoms with Gasteiger partial charge in [0.1, 0.15) is 5.82 Å². The van der Waals surface area contributed by atoms with Crippen molar-refractivity contribution in [1.29, 1.82) is 0 Å². The number of morpholine rings is 1. The highest BCUT2D eigenvalue weighted by atomic mass is 16.5. The van der Waals surface area contributed by atoms with Crippen LogP contribution in [0.5, 0.6) is 0 Å². The third-order valence-corrected chi connectivity index (χ3v) is 4.03. The van der Waals surface area contributed by atoms with Crippen molar-refractivity contribution >= 4 is 11.8 Å². The Labute approximate surface area is 143 Å². The summed E-state index contributed by atoms with van der Waals surface area (Å²) in [4.78, 5) is 11.2. The average molecular weight is 327 g/mol. The fraction of sp³-hybridized carbons (Fsp3) is 0.444. The van der Waals surface area contributed by atoms with E-state index >= 15 is 0 Å². The van der Waals surface area contributed by atoms with Crippen LogP contribution in [0.25, 0.3) is 0 Å². The normalized spacial score (nSPS) is 15.2. The molecule has 6 nitrogen and oxygen atoms in total. The van der Waals surface area contributed by atoms with Crippen LogP contribution in [-0.2, 0) is 11.3 Å². The number of ether oxygens (including phenoxy) is 1. The van der Waals surface area contributed by atoms with Gasteiger partial charge in [0.15, 0.2) is 0 Å². The Morgan fingerprint density at radius 1 is 1.17 bits per heavy atom. The quantitative estimate of drug-likeness (QED) is 0.812. The van der Waals surface area contributed by atoms with Crippen molar-refractivity contribution in [1.82, 2.24) is 14.9 Å². The molecule has 0 aliphatic carbocycles. The molecule has 1 aromatic heterocycles. The van der Waals surface area contributed by atoms with E-state index in [1.165, 1.54) is 11.1 Å². The highest BCUT2D eigenvalue weighted by molar-refractivity contribution is 5.40. The lowest BCUT2D eigenvalue weighted by atomic mass is 10.1. The van der Waals surface area contributed by atoms with Gasteiger partial charge in [0, 0.05) is 38.9 Å². The molecule has 128 valence electrons. The number of benzene rings is 1. The lowest BCUT2D eigenvalue weighted by molar-refractivity contribution is 0.0398. The van der Waals surface area contributed by atoms with Crippen molar-refractivity contribution in [2.75, 3.05) is 50.0 Å². The van der Waals surface area contributed by atoms with Crippen molar-refractivity contribution in [3.8, 4) is 0 Å². The maximum atomic E-state index is 5.36. The molecule has 2 heterocycles. The van der Waals surface area contributed by atoms with Gasteiger partial charge < -0.3 is 15.4 Å². The van der Waals surface area contributed by atoms with Crippen molar-refractivity contribution in [2.24, 2.45) is 0 Å². The van der Waals surface area contributed by atoms with E-state index in [1.807, 2.05) is 6.07 Å². The van der Waals surface area contributed by atoms with Crippen LogP contribution >= 0.6 is 0 Å². The number of hydrogen-bond donors (Lipinski definition) is 2. The molecule has 0 unspecified atom stereocenters. The third-order valence-electron chi connectivity index (χ3n) is 4.03. The first-order chi connectivity index (χ1) is 11.8. The molecule has 3 rings (SSSR count). The highest BCUT2D eigenvalue weighted by Gasteiger charge is 2.09. The summed E-state index contributed by atoms with van der Waals surface area (Å²) in [5, 5.41) is 6.65. The number of aromatic nitrogens is 2. The molecule has 2 aromatic rings. The van der Waals surface area contributed by atoms with Gasteiger partial charge in [-0.1, -0.05) is 29.8 Å². The Hall–Kier alpha value is -2.18. The molecule has 1 saturated heterocycles. The smallest absolute Gasteiger partial charge is 0.224 e. The summed E-state index contributed by atoms with van der Waals surface area (Å²) in [5.74, 6) is 1.50. The maximum Gasteiger partial charge on any atom is 0.224 e. The number of anilines is 2. The fourth-order valence-electron chi connectivity index (χ4n) is 2.71. The second kappa shape index (κ2) is 8.61. The molecule has 24 heavy (non-hydrogen) atoms. The lowest BCUT2D eigenvalue weighted by Gasteiger charge is -2.26. The molecule has 1 aromatic carbocycles. The van der Waals surface area contributed by atoms with E-state index in [-0.39, 0.29) is 0 Å². The zero-order chi connectivity index (χ0) is 16.6. The summed E-state index contributed by atoms with van der Waals surface area (Å²) >= 11 is 0. The molecule has 1 fully saturated rings. The predicted molar refractivity (Wildman–Crippen MR) is 96.3 cm³/mol. The minimum atomic E-state index is 0.664. The van der Waals surface area contributed by atoms with Gasteiger partial charge in [-0.05, 0) is 18.6 Å². The van der Waals surface area contributed by atoms with Crippen molar-refractivity contribution in [2.45, 2.75) is 13.5 Å². The zero-order valence-corrected chi connectivity index (χ0v) is 14.2. The standard InChI is InChI=1S/C18H25N5O/c1-15-3-2-4-16(13-15)14-21-17-5-6-19-18(22-17)20-7-8-23-9-11-24-12-10-23/h2-6,13H,7-12,14H2,1H3,(H2,19,20,21,22). The van der Waals surface area contributed by atoms with E-state index in [4.69, 9.17) is 4.74 Å². The molecule has 0 saturated carbocycles. The van der Waals surface area contributed by atoms with Gasteiger partial charge in [-0.2, -0.15) is 4.98 Å². The van der Waals surface area contributed by atoms with Crippen molar-refractivity contribution in [3.63, 3.8) is 0 Å². The van der Waals surface area contributed by atoms with Gasteiger partial charge in [0.2, 0.25) is 5.95 Å². The number of aryl methyl sites for hydroxylation is 1. The van der Waals surface area contributed by atoms with E-state index in [1.54, 1.807) is 6.20 Å². The molecule has 0 atom stereocenters. The van der Waals surface area contributed by atoms with E-state index in [0.717, 1.165) is 51.8 Å². The van der Waals surface area contributed by atoms with Crippen LogP contribution < -0.4 is 10.6 Å². The largest absolute Gasteiger partial charge is 0.379 e. The summed E-state index contributed by atoms with van der Waals surface area (Å²) in [5.41, 5.74) is 2.51. The molecular formula is C18H25N5O. The van der Waals surface area contributed by atoms with Crippen LogP contribution in [0.4, 0.5) is 11.8 Å². The Balaban J connectivity index is 1.46. The number of rotatable bonds is 7. The van der Waals surface area contributed by atoms with Gasteiger partial charge in [-0.3, -0.25) is 4.90 Å². The fourth-order valence-corrected chi connectivity index (χ4v) is 2.71. The van der Waals surface area contributed by atoms with Gasteiger partial charge in [-0.15, -0.1) is 0 Å². The van der Waals surface area contributed by atoms with E-state index < -0.39 is 0 Å². The monoisotopic (exact) mass is 327 g/mol. The molecular weight excluding hydrogens is 302 g/mol. The average Bonchev–Trinajstić information content (AvgIpc) is 2.61. The first-order valence-electron chi connectivity index (χ1n) is 8.46. The van der Waals surface area contributed by atoms with E-state index in [0.29, 0.717) is 5.95 Å². The second-order valence-electron chi connectivity index (χ2n) is 5.99. The SMILES string of the molecule is Cc1cccc(CNc2ccnc(NCCN3CCOCC3)n2)c1. The first-order valence-corrected chi connectivity index (χ1v) is 8.46. The summed E-state index contributed by atoms with van der Waals surface area (Å²) in [6.07, 6.45) is 1.78. The summed E-state index contributed by atoms with van der Waals surface area (Å²) < 4.78 is 5.36. The maximum absolute atomic E-state index is 5.36. The summed E-state index contributed by atoms with van der Waals surface area (Å²) in [7, 11) is 0. The predicted octanol–water partition coefficient (Wildman–Crippen LogP) is 2.14. The molecule has 0 radical (unpaired) electrons. The molecule has 0 spiro atoms. The van der Waals surface area contributed by atoms with Crippen LogP contribution in [0.1, 0.15) is 11.1 Å². The van der Waals surface area contributed by atoms with Crippen LogP contribution in [0.15, 0.2) is 36.5 Å². The van der Waals surface area contributed by atoms with Crippen LogP contribution in [0.3, 0.4) is 0 Å². The Morgan fingerprint density at radius 3 is 2.88 bits per heavy atom. The molecule has 0 amide bonds. The topological polar surface area (TPSA) is 62.3 Å². The Kier molecular flexibility index (Phi) is 5.98. The summed E-state index contributed by atoms with van der Waals surface area (Å²) in [6, 6.07) is 10.4. The van der Waals surface area contributed by atoms with Gasteiger partial charge in [-0.25, -0.2) is 4.98 Å². The first kappa shape index (κ1) is 16.7. The van der Waals surface area contributed by atoms with Crippen molar-refractivity contribution < 1.29 is 4.74 Å². The lowest BCUT2D eigenvalue weighted by Crippen LogP contribution is -2.39. The van der Waals surface area contributed by atoms with Gasteiger partial charge in [0.25, 0.3) is 0 Å². The summed E-state index contributed by atoms with van der Waals surface area (Å²) in [6.45, 7) is 8.33. The number of nitrogens with one attached hydrogen (secondary N) is 2. The van der Waals surface area contributed by atoms with E-state index in [2.05, 4.69) is 56.7 Å². The van der Waals surface area contributed by atoms with E-state index in [9.17, 15) is 0 Å². The Bertz CT molecular complexity index is 643. The molecule has 0 bridgehead atoms. The number of hydrogen-bond acceptors (Lipinski definition) is 6. The van der Waals surface area contributed by atoms with Crippen LogP contribution in [0, 0.1) is 6.92 Å². The number of nitrogens with zero attached hydrogens (tertiary/aromatic N) is 3. The molecule has 2 N–H and O–H groups in total. The minimum Gasteiger partial charge on any atom is -0.379 e.